The molecule has 0 aromatic rings. The molecule has 0 aliphatic rings. The molecule has 0 radical (unpaired) electrons. The van der Waals surface area contributed by atoms with Gasteiger partial charge in [-0.1, -0.05) is 6.92 Å². The van der Waals surface area contributed by atoms with Crippen LogP contribution in [0.3, 0.4) is 0 Å². The Morgan fingerprint density at radius 2 is 1.94 bits per heavy atom. The van der Waals surface area contributed by atoms with Gasteiger partial charge in [-0.25, -0.2) is 0 Å². The molecule has 4 nitrogen and oxygen atoms in total. The van der Waals surface area contributed by atoms with Crippen LogP contribution in [-0.4, -0.2) is 50.2 Å². The second-order valence-corrected chi connectivity index (χ2v) is 5.14. The largest absolute Gasteiger partial charge is 0.466 e. The molecular formula is C14H30N2O2. The molecule has 0 fully saturated rings. The van der Waals surface area contributed by atoms with Crippen molar-refractivity contribution in [2.24, 2.45) is 5.92 Å². The lowest BCUT2D eigenvalue weighted by Gasteiger charge is -2.20. The molecule has 1 unspecified atom stereocenters. The van der Waals surface area contributed by atoms with E-state index < -0.39 is 0 Å². The molecule has 0 saturated heterocycles. The van der Waals surface area contributed by atoms with Crippen LogP contribution in [0.2, 0.25) is 0 Å². The van der Waals surface area contributed by atoms with Gasteiger partial charge < -0.3 is 15.0 Å². The van der Waals surface area contributed by atoms with E-state index in [1.807, 2.05) is 13.8 Å². The van der Waals surface area contributed by atoms with Crippen LogP contribution in [0.1, 0.15) is 40.5 Å². The SMILES string of the molecule is CCOC(=O)C(C)CNCCCCN(C)C(C)C. The van der Waals surface area contributed by atoms with Gasteiger partial charge in [-0.3, -0.25) is 4.79 Å². The Balaban J connectivity index is 3.43. The molecule has 0 spiro atoms. The Morgan fingerprint density at radius 1 is 1.28 bits per heavy atom. The van der Waals surface area contributed by atoms with E-state index in [9.17, 15) is 4.79 Å². The summed E-state index contributed by atoms with van der Waals surface area (Å²) in [6, 6.07) is 0.613. The van der Waals surface area contributed by atoms with Crippen molar-refractivity contribution in [1.29, 1.82) is 0 Å². The fourth-order valence-corrected chi connectivity index (χ4v) is 1.56. The average molecular weight is 258 g/mol. The van der Waals surface area contributed by atoms with Gasteiger partial charge >= 0.3 is 5.97 Å². The molecule has 1 atom stereocenters. The third kappa shape index (κ3) is 8.48. The zero-order valence-corrected chi connectivity index (χ0v) is 12.7. The second kappa shape index (κ2) is 10.3. The first kappa shape index (κ1) is 17.4. The van der Waals surface area contributed by atoms with Crippen LogP contribution in [0.5, 0.6) is 0 Å². The summed E-state index contributed by atoms with van der Waals surface area (Å²) < 4.78 is 4.95. The molecule has 0 bridgehead atoms. The maximum atomic E-state index is 11.4. The second-order valence-electron chi connectivity index (χ2n) is 5.14. The van der Waals surface area contributed by atoms with E-state index in [0.29, 0.717) is 19.2 Å². The lowest BCUT2D eigenvalue weighted by atomic mass is 10.2. The van der Waals surface area contributed by atoms with Gasteiger partial charge in [0.2, 0.25) is 0 Å². The fraction of sp³-hybridized carbons (Fsp3) is 0.929. The van der Waals surface area contributed by atoms with E-state index in [0.717, 1.165) is 19.5 Å². The molecule has 108 valence electrons. The van der Waals surface area contributed by atoms with Crippen LogP contribution in [0.25, 0.3) is 0 Å². The summed E-state index contributed by atoms with van der Waals surface area (Å²) in [6.07, 6.45) is 2.34. The van der Waals surface area contributed by atoms with Crippen molar-refractivity contribution in [3.05, 3.63) is 0 Å². The first-order valence-corrected chi connectivity index (χ1v) is 7.06. The van der Waals surface area contributed by atoms with Gasteiger partial charge in [0.1, 0.15) is 0 Å². The zero-order valence-electron chi connectivity index (χ0n) is 12.7. The maximum Gasteiger partial charge on any atom is 0.309 e. The highest BCUT2D eigenvalue weighted by molar-refractivity contribution is 5.72. The van der Waals surface area contributed by atoms with Crippen LogP contribution in [0, 0.1) is 5.92 Å². The van der Waals surface area contributed by atoms with Crippen LogP contribution in [-0.2, 0) is 9.53 Å². The Kier molecular flexibility index (Phi) is 9.98. The summed E-state index contributed by atoms with van der Waals surface area (Å²) in [6.45, 7) is 11.4. The zero-order chi connectivity index (χ0) is 14.0. The van der Waals surface area contributed by atoms with Gasteiger partial charge in [-0.2, -0.15) is 0 Å². The third-order valence-electron chi connectivity index (χ3n) is 3.14. The summed E-state index contributed by atoms with van der Waals surface area (Å²) in [4.78, 5) is 13.7. The summed E-state index contributed by atoms with van der Waals surface area (Å²) in [7, 11) is 2.15. The van der Waals surface area contributed by atoms with Gasteiger partial charge in [-0.05, 0) is 53.8 Å². The Bertz CT molecular complexity index is 220. The standard InChI is InChI=1S/C14H30N2O2/c1-6-18-14(17)13(4)11-15-9-7-8-10-16(5)12(2)3/h12-13,15H,6-11H2,1-5H3. The molecule has 0 rings (SSSR count). The first-order chi connectivity index (χ1) is 8.49. The summed E-state index contributed by atoms with van der Waals surface area (Å²) in [5.41, 5.74) is 0. The van der Waals surface area contributed by atoms with Gasteiger partial charge in [0.05, 0.1) is 12.5 Å². The summed E-state index contributed by atoms with van der Waals surface area (Å²) in [5.74, 6) is -0.159. The molecule has 0 heterocycles. The van der Waals surface area contributed by atoms with E-state index in [2.05, 4.69) is 31.1 Å². The minimum Gasteiger partial charge on any atom is -0.466 e. The summed E-state index contributed by atoms with van der Waals surface area (Å²) >= 11 is 0. The number of rotatable bonds is 10. The van der Waals surface area contributed by atoms with Gasteiger partial charge in [0.25, 0.3) is 0 Å². The minimum atomic E-state index is -0.107. The molecule has 18 heavy (non-hydrogen) atoms. The lowest BCUT2D eigenvalue weighted by Crippen LogP contribution is -2.30. The van der Waals surface area contributed by atoms with Crippen molar-refractivity contribution < 1.29 is 9.53 Å². The number of hydrogen-bond donors (Lipinski definition) is 1. The smallest absolute Gasteiger partial charge is 0.309 e. The molecular weight excluding hydrogens is 228 g/mol. The summed E-state index contributed by atoms with van der Waals surface area (Å²) in [5, 5.41) is 3.31. The number of carbonyl (C=O) groups excluding carboxylic acids is 1. The van der Waals surface area contributed by atoms with Gasteiger partial charge in [0, 0.05) is 12.6 Å². The van der Waals surface area contributed by atoms with Crippen molar-refractivity contribution in [1.82, 2.24) is 10.2 Å². The average Bonchev–Trinajstić information content (AvgIpc) is 2.32. The van der Waals surface area contributed by atoms with Crippen molar-refractivity contribution in [3.8, 4) is 0 Å². The molecule has 0 aromatic heterocycles. The quantitative estimate of drug-likeness (QED) is 0.480. The Morgan fingerprint density at radius 3 is 2.50 bits per heavy atom. The highest BCUT2D eigenvalue weighted by Crippen LogP contribution is 1.99. The van der Waals surface area contributed by atoms with E-state index >= 15 is 0 Å². The normalized spacial score (nSPS) is 13.1. The van der Waals surface area contributed by atoms with Crippen LogP contribution in [0.15, 0.2) is 0 Å². The third-order valence-corrected chi connectivity index (χ3v) is 3.14. The monoisotopic (exact) mass is 258 g/mol. The van der Waals surface area contributed by atoms with Gasteiger partial charge in [0.15, 0.2) is 0 Å². The van der Waals surface area contributed by atoms with E-state index in [1.54, 1.807) is 0 Å². The van der Waals surface area contributed by atoms with Crippen LogP contribution in [0.4, 0.5) is 0 Å². The molecule has 4 heteroatoms. The van der Waals surface area contributed by atoms with Crippen LogP contribution >= 0.6 is 0 Å². The molecule has 0 aliphatic heterocycles. The number of carbonyl (C=O) groups is 1. The topological polar surface area (TPSA) is 41.6 Å². The molecule has 0 amide bonds. The van der Waals surface area contributed by atoms with E-state index in [1.165, 1.54) is 6.42 Å². The molecule has 0 aromatic carbocycles. The molecule has 0 saturated carbocycles. The number of nitrogens with one attached hydrogen (secondary N) is 1. The van der Waals surface area contributed by atoms with E-state index in [-0.39, 0.29) is 11.9 Å². The predicted molar refractivity (Wildman–Crippen MR) is 75.7 cm³/mol. The Hall–Kier alpha value is -0.610. The van der Waals surface area contributed by atoms with Crippen molar-refractivity contribution in [2.45, 2.75) is 46.6 Å². The highest BCUT2D eigenvalue weighted by atomic mass is 16.5. The van der Waals surface area contributed by atoms with Crippen molar-refractivity contribution in [3.63, 3.8) is 0 Å². The number of hydrogen-bond acceptors (Lipinski definition) is 4. The van der Waals surface area contributed by atoms with Crippen molar-refractivity contribution >= 4 is 5.97 Å². The Labute approximate surface area is 112 Å². The number of nitrogens with zero attached hydrogens (tertiary/aromatic N) is 1. The number of unbranched alkanes of at least 4 members (excludes halogenated alkanes) is 1. The fourth-order valence-electron chi connectivity index (χ4n) is 1.56. The first-order valence-electron chi connectivity index (χ1n) is 7.06. The van der Waals surface area contributed by atoms with Crippen LogP contribution < -0.4 is 5.32 Å². The molecule has 1 N–H and O–H groups in total. The highest BCUT2D eigenvalue weighted by Gasteiger charge is 2.12. The lowest BCUT2D eigenvalue weighted by molar-refractivity contribution is -0.147. The minimum absolute atomic E-state index is 0.0525. The van der Waals surface area contributed by atoms with Crippen molar-refractivity contribution in [2.75, 3.05) is 33.3 Å². The number of esters is 1. The predicted octanol–water partition coefficient (Wildman–Crippen LogP) is 1.90. The maximum absolute atomic E-state index is 11.4. The van der Waals surface area contributed by atoms with E-state index in [4.69, 9.17) is 4.74 Å². The number of ether oxygens (including phenoxy) is 1. The van der Waals surface area contributed by atoms with Gasteiger partial charge in [-0.15, -0.1) is 0 Å². The molecule has 0 aliphatic carbocycles.